The highest BCUT2D eigenvalue weighted by Crippen LogP contribution is 2.36. The van der Waals surface area contributed by atoms with E-state index in [4.69, 9.17) is 9.52 Å². The Morgan fingerprint density at radius 1 is 1.43 bits per heavy atom. The van der Waals surface area contributed by atoms with Crippen molar-refractivity contribution < 1.29 is 22.7 Å². The Morgan fingerprint density at radius 3 is 2.48 bits per heavy atom. The minimum absolute atomic E-state index is 0.0436. The van der Waals surface area contributed by atoms with Crippen molar-refractivity contribution in [2.75, 3.05) is 13.1 Å². The quantitative estimate of drug-likeness (QED) is 0.925. The molecule has 6 nitrogen and oxygen atoms in total. The average molecular weight is 315 g/mol. The first-order valence-electron chi connectivity index (χ1n) is 6.87. The lowest BCUT2D eigenvalue weighted by atomic mass is 9.80. The Kier molecular flexibility index (Phi) is 3.92. The number of carboxylic acids is 1. The Labute approximate surface area is 124 Å². The number of sulfonamides is 1. The number of hydrogen-bond acceptors (Lipinski definition) is 4. The van der Waals surface area contributed by atoms with Gasteiger partial charge in [0.25, 0.3) is 0 Å². The largest absolute Gasteiger partial charge is 0.475 e. The van der Waals surface area contributed by atoms with Crippen LogP contribution in [0.3, 0.4) is 0 Å². The summed E-state index contributed by atoms with van der Waals surface area (Å²) in [6.07, 6.45) is 0.811. The van der Waals surface area contributed by atoms with E-state index in [-0.39, 0.29) is 21.8 Å². The van der Waals surface area contributed by atoms with Gasteiger partial charge in [-0.3, -0.25) is 0 Å². The summed E-state index contributed by atoms with van der Waals surface area (Å²) < 4.78 is 31.7. The first kappa shape index (κ1) is 16.0. The Hall–Kier alpha value is -1.34. The van der Waals surface area contributed by atoms with E-state index in [0.717, 1.165) is 12.5 Å². The van der Waals surface area contributed by atoms with Gasteiger partial charge in [0.2, 0.25) is 15.8 Å². The highest BCUT2D eigenvalue weighted by atomic mass is 32.2. The van der Waals surface area contributed by atoms with E-state index in [9.17, 15) is 13.2 Å². The van der Waals surface area contributed by atoms with Crippen molar-refractivity contribution in [3.63, 3.8) is 0 Å². The van der Waals surface area contributed by atoms with Crippen molar-refractivity contribution in [2.24, 2.45) is 11.3 Å². The monoisotopic (exact) mass is 315 g/mol. The molecule has 1 aromatic rings. The molecule has 0 bridgehead atoms. The molecule has 2 heterocycles. The van der Waals surface area contributed by atoms with Gasteiger partial charge in [0, 0.05) is 19.2 Å². The van der Waals surface area contributed by atoms with Crippen LogP contribution < -0.4 is 0 Å². The zero-order valence-corrected chi connectivity index (χ0v) is 13.5. The second-order valence-electron chi connectivity index (χ2n) is 6.55. The van der Waals surface area contributed by atoms with Gasteiger partial charge in [0.1, 0.15) is 10.7 Å². The zero-order valence-electron chi connectivity index (χ0n) is 12.7. The summed E-state index contributed by atoms with van der Waals surface area (Å²) in [7, 11) is -3.70. The molecular weight excluding hydrogens is 294 g/mol. The van der Waals surface area contributed by atoms with Crippen LogP contribution >= 0.6 is 0 Å². The number of rotatable bonds is 3. The van der Waals surface area contributed by atoms with Gasteiger partial charge in [-0.15, -0.1) is 0 Å². The van der Waals surface area contributed by atoms with E-state index in [0.29, 0.717) is 19.0 Å². The third-order valence-electron chi connectivity index (χ3n) is 4.08. The molecule has 0 spiro atoms. The second kappa shape index (κ2) is 5.14. The molecule has 0 aliphatic carbocycles. The molecule has 1 saturated heterocycles. The molecule has 21 heavy (non-hydrogen) atoms. The molecule has 1 aliphatic heterocycles. The molecule has 1 N–H and O–H groups in total. The molecule has 1 unspecified atom stereocenters. The molecule has 1 atom stereocenters. The number of carbonyl (C=O) groups is 1. The van der Waals surface area contributed by atoms with Crippen LogP contribution in [0, 0.1) is 18.3 Å². The third-order valence-corrected chi connectivity index (χ3v) is 6.05. The van der Waals surface area contributed by atoms with E-state index < -0.39 is 16.0 Å². The maximum atomic E-state index is 12.6. The molecule has 0 saturated carbocycles. The van der Waals surface area contributed by atoms with Crippen molar-refractivity contribution in [2.45, 2.75) is 39.0 Å². The molecule has 0 radical (unpaired) electrons. The summed E-state index contributed by atoms with van der Waals surface area (Å²) in [5, 5.41) is 8.90. The van der Waals surface area contributed by atoms with Gasteiger partial charge >= 0.3 is 5.97 Å². The summed E-state index contributed by atoms with van der Waals surface area (Å²) in [5.41, 5.74) is 0.0436. The molecule has 0 aromatic carbocycles. The van der Waals surface area contributed by atoms with Gasteiger partial charge in [-0.05, 0) is 24.7 Å². The summed E-state index contributed by atoms with van der Waals surface area (Å²) in [5.74, 6) is -1.21. The highest BCUT2D eigenvalue weighted by Gasteiger charge is 2.39. The van der Waals surface area contributed by atoms with Crippen LogP contribution in [0.5, 0.6) is 0 Å². The van der Waals surface area contributed by atoms with Gasteiger partial charge in [0.15, 0.2) is 0 Å². The number of nitrogens with zero attached hydrogens (tertiary/aromatic N) is 1. The highest BCUT2D eigenvalue weighted by molar-refractivity contribution is 7.89. The zero-order chi connectivity index (χ0) is 16.0. The Morgan fingerprint density at radius 2 is 2.05 bits per heavy atom. The predicted octanol–water partition coefficient (Wildman–Crippen LogP) is 2.34. The molecular formula is C14H21NO5S. The number of carboxylic acid groups (broad SMARTS) is 1. The summed E-state index contributed by atoms with van der Waals surface area (Å²) in [6, 6.07) is 1.09. The lowest BCUT2D eigenvalue weighted by Gasteiger charge is -2.26. The van der Waals surface area contributed by atoms with Crippen LogP contribution in [-0.2, 0) is 10.0 Å². The SMILES string of the molecule is Cc1oc(C(=O)O)cc1S(=O)(=O)N1CCC(C(C)(C)C)C1. The van der Waals surface area contributed by atoms with Gasteiger partial charge in [0.05, 0.1) is 0 Å². The third kappa shape index (κ3) is 2.98. The average Bonchev–Trinajstić information content (AvgIpc) is 2.93. The van der Waals surface area contributed by atoms with Gasteiger partial charge in [-0.2, -0.15) is 4.31 Å². The number of aryl methyl sites for hydroxylation is 1. The fourth-order valence-electron chi connectivity index (χ4n) is 2.62. The molecule has 1 fully saturated rings. The Balaban J connectivity index is 2.30. The molecule has 1 aliphatic rings. The number of hydrogen-bond donors (Lipinski definition) is 1. The summed E-state index contributed by atoms with van der Waals surface area (Å²) in [6.45, 7) is 8.67. The predicted molar refractivity (Wildman–Crippen MR) is 76.7 cm³/mol. The van der Waals surface area contributed by atoms with Crippen molar-refractivity contribution in [1.29, 1.82) is 0 Å². The summed E-state index contributed by atoms with van der Waals surface area (Å²) in [4.78, 5) is 10.8. The minimum Gasteiger partial charge on any atom is -0.475 e. The first-order chi connectivity index (χ1) is 9.53. The number of furan rings is 1. The van der Waals surface area contributed by atoms with Gasteiger partial charge in [-0.1, -0.05) is 20.8 Å². The molecule has 0 amide bonds. The molecule has 7 heteroatoms. The first-order valence-corrected chi connectivity index (χ1v) is 8.31. The van der Waals surface area contributed by atoms with E-state index in [1.54, 1.807) is 0 Å². The van der Waals surface area contributed by atoms with E-state index in [1.807, 2.05) is 0 Å². The standard InChI is InChI=1S/C14H21NO5S/c1-9-12(7-11(20-9)13(16)17)21(18,19)15-6-5-10(8-15)14(2,3)4/h7,10H,5-6,8H2,1-4H3,(H,16,17). The van der Waals surface area contributed by atoms with Crippen LogP contribution in [0.15, 0.2) is 15.4 Å². The topological polar surface area (TPSA) is 87.8 Å². The van der Waals surface area contributed by atoms with Crippen LogP contribution in [0.2, 0.25) is 0 Å². The van der Waals surface area contributed by atoms with Crippen LogP contribution in [0.4, 0.5) is 0 Å². The number of aromatic carboxylic acids is 1. The maximum absolute atomic E-state index is 12.6. The normalized spacial score (nSPS) is 20.9. The second-order valence-corrected chi connectivity index (χ2v) is 8.46. The van der Waals surface area contributed by atoms with Gasteiger partial charge in [-0.25, -0.2) is 13.2 Å². The van der Waals surface area contributed by atoms with Crippen molar-refractivity contribution >= 4 is 16.0 Å². The molecule has 1 aromatic heterocycles. The fourth-order valence-corrected chi connectivity index (χ4v) is 4.28. The lowest BCUT2D eigenvalue weighted by molar-refractivity contribution is 0.0661. The van der Waals surface area contributed by atoms with E-state index in [2.05, 4.69) is 20.8 Å². The van der Waals surface area contributed by atoms with Crippen LogP contribution in [-0.4, -0.2) is 36.9 Å². The fraction of sp³-hybridized carbons (Fsp3) is 0.643. The van der Waals surface area contributed by atoms with Crippen molar-refractivity contribution in [3.8, 4) is 0 Å². The van der Waals surface area contributed by atoms with E-state index >= 15 is 0 Å². The van der Waals surface area contributed by atoms with Crippen molar-refractivity contribution in [1.82, 2.24) is 4.31 Å². The Bertz CT molecular complexity index is 653. The van der Waals surface area contributed by atoms with Crippen LogP contribution in [0.1, 0.15) is 43.5 Å². The minimum atomic E-state index is -3.70. The van der Waals surface area contributed by atoms with E-state index in [1.165, 1.54) is 11.2 Å². The lowest BCUT2D eigenvalue weighted by Crippen LogP contribution is -2.31. The van der Waals surface area contributed by atoms with Gasteiger partial charge < -0.3 is 9.52 Å². The molecule has 118 valence electrons. The van der Waals surface area contributed by atoms with Crippen molar-refractivity contribution in [3.05, 3.63) is 17.6 Å². The maximum Gasteiger partial charge on any atom is 0.371 e. The summed E-state index contributed by atoms with van der Waals surface area (Å²) >= 11 is 0. The molecule has 2 rings (SSSR count). The smallest absolute Gasteiger partial charge is 0.371 e. The van der Waals surface area contributed by atoms with Crippen LogP contribution in [0.25, 0.3) is 0 Å².